The molecule has 19 nitrogen and oxygen atoms in total. The van der Waals surface area contributed by atoms with Crippen LogP contribution in [-0.2, 0) is 45.1 Å². The lowest BCUT2D eigenvalue weighted by atomic mass is 9.96. The number of fused-ring (bicyclic) bond motifs is 1. The van der Waals surface area contributed by atoms with Gasteiger partial charge in [0.25, 0.3) is 5.56 Å². The van der Waals surface area contributed by atoms with Crippen LogP contribution in [0.3, 0.4) is 0 Å². The Morgan fingerprint density at radius 2 is 1.35 bits per heavy atom. The zero-order valence-electron chi connectivity index (χ0n) is 34.1. The molecule has 3 aromatic carbocycles. The van der Waals surface area contributed by atoms with Gasteiger partial charge in [-0.25, -0.2) is 19.4 Å². The van der Waals surface area contributed by atoms with Gasteiger partial charge < -0.3 is 44.5 Å². The molecule has 5 N–H and O–H groups in total. The Morgan fingerprint density at radius 3 is 1.87 bits per heavy atom. The second kappa shape index (κ2) is 22.8. The van der Waals surface area contributed by atoms with Crippen LogP contribution in [0.4, 0.5) is 0 Å². The molecule has 0 aliphatic heterocycles. The van der Waals surface area contributed by atoms with Gasteiger partial charge in [0.05, 0.1) is 25.8 Å². The van der Waals surface area contributed by atoms with Gasteiger partial charge in [0.1, 0.15) is 17.4 Å². The topological polar surface area (TPSA) is 270 Å². The number of hydrogen-bond donors (Lipinski definition) is 5. The molecule has 2 heterocycles. The van der Waals surface area contributed by atoms with Crippen LogP contribution < -0.4 is 16.0 Å². The van der Waals surface area contributed by atoms with E-state index >= 15 is 0 Å². The molecule has 0 saturated carbocycles. The molecule has 5 rings (SSSR count). The number of rotatable bonds is 13. The van der Waals surface area contributed by atoms with Crippen LogP contribution in [0.5, 0.6) is 5.75 Å². The normalized spacial score (nSPS) is 11.2. The maximum Gasteiger partial charge on any atom is 0.339 e. The van der Waals surface area contributed by atoms with Crippen molar-refractivity contribution in [1.29, 1.82) is 0 Å². The number of aromatic nitrogens is 4. The molecule has 0 saturated heterocycles. The standard InChI is InChI=1S/C18H23NO.C9H8O4.C8H10N4O2.C6H8O7/c1-15-9-7-8-12-17(15)18(20-14-13-19(2)3)16-10-5-4-6-11-16;1-6(10)13-8-5-3-2-4-7(8)9(11)12;1-10-4-9-6-5(10)7(13)12(3)8(14)11(6)2;7-3(8)1-6(13,5(11)12)2-4(9)10/h4-12,18H,13-14H2,1-3H3;2-5H,1H3,(H,11,12);4H,1-3H3;13H,1-2H2,(H,7,8)(H,9,10)(H,11,12). The number of aryl methyl sites for hydroxylation is 3. The van der Waals surface area contributed by atoms with E-state index in [4.69, 9.17) is 30.3 Å². The predicted molar refractivity (Wildman–Crippen MR) is 217 cm³/mol. The molecular weight excluding hydrogens is 786 g/mol. The second-order valence-electron chi connectivity index (χ2n) is 13.4. The number of hydrogen-bond acceptors (Lipinski definition) is 12. The van der Waals surface area contributed by atoms with Gasteiger partial charge in [-0.2, -0.15) is 0 Å². The zero-order valence-corrected chi connectivity index (χ0v) is 34.1. The first-order valence-electron chi connectivity index (χ1n) is 17.9. The lowest BCUT2D eigenvalue weighted by molar-refractivity contribution is -0.170. The van der Waals surface area contributed by atoms with Gasteiger partial charge in [0.2, 0.25) is 0 Å². The third-order valence-corrected chi connectivity index (χ3v) is 8.37. The van der Waals surface area contributed by atoms with Crippen molar-refractivity contribution in [2.75, 3.05) is 27.2 Å². The molecule has 0 aliphatic rings. The number of aromatic carboxylic acids is 1. The van der Waals surface area contributed by atoms with Crippen molar-refractivity contribution in [3.63, 3.8) is 0 Å². The Balaban J connectivity index is 0.000000281. The molecule has 0 fully saturated rings. The third-order valence-electron chi connectivity index (χ3n) is 8.37. The van der Waals surface area contributed by atoms with Crippen molar-refractivity contribution in [3.8, 4) is 5.75 Å². The number of imidazole rings is 1. The molecule has 2 aromatic heterocycles. The molecule has 1 unspecified atom stereocenters. The average Bonchev–Trinajstić information content (AvgIpc) is 3.57. The van der Waals surface area contributed by atoms with Crippen LogP contribution in [0.25, 0.3) is 11.2 Å². The minimum atomic E-state index is -2.74. The number of carboxylic acids is 4. The first kappa shape index (κ1) is 49.2. The Morgan fingerprint density at radius 1 is 0.800 bits per heavy atom. The number of esters is 1. The number of carbonyl (C=O) groups is 5. The molecule has 60 heavy (non-hydrogen) atoms. The molecular formula is C41H49N5O14. The van der Waals surface area contributed by atoms with Gasteiger partial charge in [-0.05, 0) is 49.8 Å². The Hall–Kier alpha value is -6.96. The van der Waals surface area contributed by atoms with E-state index in [9.17, 15) is 33.6 Å². The van der Waals surface area contributed by atoms with Crippen molar-refractivity contribution in [3.05, 3.63) is 128 Å². The van der Waals surface area contributed by atoms with Gasteiger partial charge >= 0.3 is 35.5 Å². The molecule has 0 radical (unpaired) electrons. The first-order chi connectivity index (χ1) is 28.1. The first-order valence-corrected chi connectivity index (χ1v) is 17.9. The SMILES string of the molecule is CC(=O)Oc1ccccc1C(=O)O.Cc1ccccc1C(OCCN(C)C)c1ccccc1.Cn1c(=O)c2c(ncn2C)n(C)c1=O.O=C(O)CC(O)(CC(=O)O)C(=O)O. The fourth-order valence-corrected chi connectivity index (χ4v) is 5.30. The van der Waals surface area contributed by atoms with E-state index in [0.29, 0.717) is 11.2 Å². The van der Waals surface area contributed by atoms with Gasteiger partial charge in [-0.15, -0.1) is 0 Å². The highest BCUT2D eigenvalue weighted by molar-refractivity contribution is 5.91. The summed E-state index contributed by atoms with van der Waals surface area (Å²) in [6, 6.07) is 24.9. The van der Waals surface area contributed by atoms with Gasteiger partial charge in [-0.3, -0.25) is 28.3 Å². The quantitative estimate of drug-likeness (QED) is 0.0843. The highest BCUT2D eigenvalue weighted by Gasteiger charge is 2.40. The summed E-state index contributed by atoms with van der Waals surface area (Å²) < 4.78 is 14.9. The molecule has 0 aliphatic carbocycles. The second-order valence-corrected chi connectivity index (χ2v) is 13.4. The van der Waals surface area contributed by atoms with E-state index in [1.165, 1.54) is 53.7 Å². The molecule has 0 bridgehead atoms. The highest BCUT2D eigenvalue weighted by Crippen LogP contribution is 2.28. The molecule has 322 valence electrons. The molecule has 19 heteroatoms. The maximum absolute atomic E-state index is 11.7. The Labute approximate surface area is 343 Å². The highest BCUT2D eigenvalue weighted by atomic mass is 16.5. The van der Waals surface area contributed by atoms with Crippen molar-refractivity contribution in [2.24, 2.45) is 21.1 Å². The smallest absolute Gasteiger partial charge is 0.339 e. The number of benzene rings is 3. The zero-order chi connectivity index (χ0) is 45.3. The summed E-state index contributed by atoms with van der Waals surface area (Å²) in [7, 11) is 8.90. The predicted octanol–water partition coefficient (Wildman–Crippen LogP) is 2.69. The van der Waals surface area contributed by atoms with Gasteiger partial charge in [0.15, 0.2) is 16.8 Å². The summed E-state index contributed by atoms with van der Waals surface area (Å²) in [5, 5.41) is 42.5. The summed E-state index contributed by atoms with van der Waals surface area (Å²) in [4.78, 5) is 81.0. The fraction of sp³-hybridized carbons (Fsp3) is 0.317. The summed E-state index contributed by atoms with van der Waals surface area (Å²) in [5.41, 5.74) is 1.15. The van der Waals surface area contributed by atoms with Gasteiger partial charge in [-0.1, -0.05) is 66.7 Å². The van der Waals surface area contributed by atoms with E-state index in [1.807, 2.05) is 6.07 Å². The molecule has 1 atom stereocenters. The maximum atomic E-state index is 11.7. The van der Waals surface area contributed by atoms with Crippen molar-refractivity contribution < 1.29 is 59.0 Å². The average molecular weight is 836 g/mol. The fourth-order valence-electron chi connectivity index (χ4n) is 5.30. The van der Waals surface area contributed by atoms with Crippen molar-refractivity contribution in [2.45, 2.75) is 38.4 Å². The molecule has 0 spiro atoms. The Bertz CT molecular complexity index is 2370. The third kappa shape index (κ3) is 14.5. The van der Waals surface area contributed by atoms with Crippen LogP contribution in [0.2, 0.25) is 0 Å². The molecule has 0 amide bonds. The summed E-state index contributed by atoms with van der Waals surface area (Å²) in [6.45, 7) is 5.01. The lowest BCUT2D eigenvalue weighted by Gasteiger charge is -2.22. The van der Waals surface area contributed by atoms with Crippen LogP contribution >= 0.6 is 0 Å². The number of carboxylic acid groups (broad SMARTS) is 4. The van der Waals surface area contributed by atoms with E-state index in [1.54, 1.807) is 30.8 Å². The van der Waals surface area contributed by atoms with Crippen LogP contribution in [0.15, 0.2) is 94.8 Å². The summed E-state index contributed by atoms with van der Waals surface area (Å²) in [6.07, 6.45) is -0.758. The number of carbonyl (C=O) groups excluding carboxylic acids is 1. The largest absolute Gasteiger partial charge is 0.481 e. The van der Waals surface area contributed by atoms with Crippen LogP contribution in [-0.4, -0.2) is 112 Å². The van der Waals surface area contributed by atoms with Crippen molar-refractivity contribution >= 4 is 41.0 Å². The summed E-state index contributed by atoms with van der Waals surface area (Å²) >= 11 is 0. The molecule has 5 aromatic rings. The minimum absolute atomic E-state index is 0.0114. The monoisotopic (exact) mass is 835 g/mol. The number of para-hydroxylation sites is 1. The Kier molecular flexibility index (Phi) is 18.7. The minimum Gasteiger partial charge on any atom is -0.481 e. The number of likely N-dealkylation sites (N-methyl/N-ethyl adjacent to an activating group) is 1. The number of aliphatic carboxylic acids is 3. The van der Waals surface area contributed by atoms with Crippen molar-refractivity contribution in [1.82, 2.24) is 23.6 Å². The number of ether oxygens (including phenoxy) is 2. The number of nitrogens with zero attached hydrogens (tertiary/aromatic N) is 5. The van der Waals surface area contributed by atoms with E-state index in [-0.39, 0.29) is 28.7 Å². The lowest BCUT2D eigenvalue weighted by Crippen LogP contribution is -2.42. The van der Waals surface area contributed by atoms with Crippen LogP contribution in [0.1, 0.15) is 52.9 Å². The van der Waals surface area contributed by atoms with E-state index < -0.39 is 48.3 Å². The van der Waals surface area contributed by atoms with Gasteiger partial charge in [0, 0.05) is 34.6 Å². The van der Waals surface area contributed by atoms with E-state index in [2.05, 4.69) is 84.2 Å². The number of aliphatic hydroxyl groups is 1. The van der Waals surface area contributed by atoms with E-state index in [0.717, 1.165) is 17.7 Å². The summed E-state index contributed by atoms with van der Waals surface area (Å²) in [5.74, 6) is -6.59. The van der Waals surface area contributed by atoms with Crippen LogP contribution in [0, 0.1) is 6.92 Å².